The first-order valence-corrected chi connectivity index (χ1v) is 10.0. The molecular formula is C24H28N2O. The second-order valence-corrected chi connectivity index (χ2v) is 7.56. The lowest BCUT2D eigenvalue weighted by Crippen LogP contribution is -2.32. The van der Waals surface area contributed by atoms with Crippen molar-refractivity contribution in [1.29, 1.82) is 0 Å². The average molecular weight is 361 g/mol. The number of unbranched alkanes of at least 4 members (excludes halogenated alkanes) is 2. The Kier molecular flexibility index (Phi) is 5.59. The molecule has 0 fully saturated rings. The van der Waals surface area contributed by atoms with Gasteiger partial charge in [-0.05, 0) is 55.1 Å². The maximum absolute atomic E-state index is 9.71. The third-order valence-corrected chi connectivity index (χ3v) is 5.58. The molecule has 2 aromatic carbocycles. The number of aromatic nitrogens is 1. The number of nitrogens with zero attached hydrogens (tertiary/aromatic N) is 1. The number of H-pyrrole nitrogens is 1. The molecule has 3 aromatic rings. The summed E-state index contributed by atoms with van der Waals surface area (Å²) in [6, 6.07) is 16.2. The molecule has 2 heterocycles. The van der Waals surface area contributed by atoms with Crippen LogP contribution in [0.4, 0.5) is 0 Å². The summed E-state index contributed by atoms with van der Waals surface area (Å²) in [6.07, 6.45) is 11.6. The molecule has 4 rings (SSSR count). The Labute approximate surface area is 161 Å². The molecule has 1 aromatic heterocycles. The highest BCUT2D eigenvalue weighted by molar-refractivity contribution is 5.82. The maximum atomic E-state index is 9.71. The maximum Gasteiger partial charge on any atom is 0.115 e. The molecule has 2 N–H and O–H groups in total. The van der Waals surface area contributed by atoms with E-state index in [4.69, 9.17) is 0 Å². The zero-order chi connectivity index (χ0) is 18.5. The normalized spacial score (nSPS) is 17.6. The van der Waals surface area contributed by atoms with Crippen LogP contribution < -0.4 is 0 Å². The third kappa shape index (κ3) is 4.42. The van der Waals surface area contributed by atoms with E-state index in [1.807, 2.05) is 12.1 Å². The van der Waals surface area contributed by atoms with Gasteiger partial charge in [0.1, 0.15) is 5.75 Å². The van der Waals surface area contributed by atoms with Gasteiger partial charge in [0.25, 0.3) is 0 Å². The van der Waals surface area contributed by atoms with Crippen molar-refractivity contribution in [3.8, 4) is 5.75 Å². The van der Waals surface area contributed by atoms with Gasteiger partial charge in [0.05, 0.1) is 0 Å². The lowest BCUT2D eigenvalue weighted by atomic mass is 9.95. The molecule has 27 heavy (non-hydrogen) atoms. The van der Waals surface area contributed by atoms with Crippen molar-refractivity contribution in [2.75, 3.05) is 19.6 Å². The monoisotopic (exact) mass is 360 g/mol. The molecule has 3 heteroatoms. The van der Waals surface area contributed by atoms with Crippen molar-refractivity contribution in [3.63, 3.8) is 0 Å². The van der Waals surface area contributed by atoms with Gasteiger partial charge >= 0.3 is 0 Å². The Morgan fingerprint density at radius 1 is 1.04 bits per heavy atom. The number of phenols is 1. The highest BCUT2D eigenvalue weighted by Gasteiger charge is 2.17. The van der Waals surface area contributed by atoms with Crippen molar-refractivity contribution in [2.45, 2.75) is 31.6 Å². The minimum atomic E-state index is 0.357. The van der Waals surface area contributed by atoms with Gasteiger partial charge in [-0.3, -0.25) is 4.90 Å². The smallest absolute Gasteiger partial charge is 0.115 e. The van der Waals surface area contributed by atoms with E-state index < -0.39 is 0 Å². The van der Waals surface area contributed by atoms with Gasteiger partial charge < -0.3 is 10.1 Å². The fourth-order valence-electron chi connectivity index (χ4n) is 4.11. The highest BCUT2D eigenvalue weighted by atomic mass is 16.3. The number of aromatic amines is 1. The van der Waals surface area contributed by atoms with Crippen LogP contribution in [0, 0.1) is 0 Å². The van der Waals surface area contributed by atoms with Gasteiger partial charge in [-0.25, -0.2) is 0 Å². The number of hydrogen-bond donors (Lipinski definition) is 2. The van der Waals surface area contributed by atoms with E-state index in [1.54, 1.807) is 6.07 Å². The van der Waals surface area contributed by atoms with E-state index >= 15 is 0 Å². The van der Waals surface area contributed by atoms with Crippen molar-refractivity contribution >= 4 is 10.9 Å². The fourth-order valence-corrected chi connectivity index (χ4v) is 4.11. The molecule has 140 valence electrons. The van der Waals surface area contributed by atoms with E-state index in [9.17, 15) is 5.11 Å². The summed E-state index contributed by atoms with van der Waals surface area (Å²) in [5.41, 5.74) is 3.89. The van der Waals surface area contributed by atoms with Crippen molar-refractivity contribution in [1.82, 2.24) is 9.88 Å². The predicted molar refractivity (Wildman–Crippen MR) is 112 cm³/mol. The number of benzene rings is 2. The number of fused-ring (bicyclic) bond motifs is 1. The summed E-state index contributed by atoms with van der Waals surface area (Å²) in [7, 11) is 0. The van der Waals surface area contributed by atoms with Gasteiger partial charge in [-0.2, -0.15) is 0 Å². The molecule has 0 radical (unpaired) electrons. The molecule has 3 nitrogen and oxygen atoms in total. The zero-order valence-corrected chi connectivity index (χ0v) is 15.8. The van der Waals surface area contributed by atoms with E-state index in [0.717, 1.165) is 26.1 Å². The number of aryl methyl sites for hydroxylation is 1. The predicted octanol–water partition coefficient (Wildman–Crippen LogP) is 5.24. The molecule has 0 aliphatic carbocycles. The topological polar surface area (TPSA) is 39.3 Å². The van der Waals surface area contributed by atoms with Crippen LogP contribution in [0.1, 0.15) is 36.3 Å². The quantitative estimate of drug-likeness (QED) is 0.447. The second kappa shape index (κ2) is 8.45. The standard InChI is InChI=1S/C24H28N2O/c27-22-11-6-9-19(16-22)21-10-7-15-26(18-21)14-5-1-2-8-20-17-25-24-13-4-3-12-23(20)24/h3-4,6-7,9-13,16-17,21,25,27H,1-2,5,8,14-15,18H2. The fraction of sp³-hybridized carbons (Fsp3) is 0.333. The van der Waals surface area contributed by atoms with Crippen LogP contribution in [0.3, 0.4) is 0 Å². The van der Waals surface area contributed by atoms with Gasteiger partial charge in [-0.15, -0.1) is 0 Å². The molecule has 1 aliphatic heterocycles. The molecular weight excluding hydrogens is 332 g/mol. The minimum Gasteiger partial charge on any atom is -0.508 e. The molecule has 0 spiro atoms. The number of rotatable bonds is 7. The van der Waals surface area contributed by atoms with Crippen LogP contribution in [0.2, 0.25) is 0 Å². The minimum absolute atomic E-state index is 0.357. The molecule has 0 saturated heterocycles. The Morgan fingerprint density at radius 2 is 1.96 bits per heavy atom. The summed E-state index contributed by atoms with van der Waals surface area (Å²) in [5.74, 6) is 0.743. The SMILES string of the molecule is Oc1cccc(C2C=CCN(CCCCCc3c[nH]c4ccccc34)C2)c1. The number of phenolic OH excluding ortho intramolecular Hbond substituents is 1. The second-order valence-electron chi connectivity index (χ2n) is 7.56. The van der Waals surface area contributed by atoms with E-state index in [-0.39, 0.29) is 0 Å². The van der Waals surface area contributed by atoms with E-state index in [2.05, 4.69) is 58.6 Å². The van der Waals surface area contributed by atoms with Crippen LogP contribution in [0.5, 0.6) is 5.75 Å². The number of hydrogen-bond acceptors (Lipinski definition) is 2. The summed E-state index contributed by atoms with van der Waals surface area (Å²) in [4.78, 5) is 5.90. The third-order valence-electron chi connectivity index (χ3n) is 5.58. The van der Waals surface area contributed by atoms with Crippen molar-refractivity contribution < 1.29 is 5.11 Å². The van der Waals surface area contributed by atoms with Gasteiger partial charge in [0, 0.05) is 36.1 Å². The summed E-state index contributed by atoms with van der Waals surface area (Å²) >= 11 is 0. The number of para-hydroxylation sites is 1. The summed E-state index contributed by atoms with van der Waals surface area (Å²) < 4.78 is 0. The Morgan fingerprint density at radius 3 is 2.89 bits per heavy atom. The van der Waals surface area contributed by atoms with E-state index in [1.165, 1.54) is 41.3 Å². The van der Waals surface area contributed by atoms with Crippen molar-refractivity contribution in [3.05, 3.63) is 78.0 Å². The first-order valence-electron chi connectivity index (χ1n) is 10.0. The van der Waals surface area contributed by atoms with Gasteiger partial charge in [0.15, 0.2) is 0 Å². The van der Waals surface area contributed by atoms with Gasteiger partial charge in [-0.1, -0.05) is 48.9 Å². The largest absolute Gasteiger partial charge is 0.508 e. The lowest BCUT2D eigenvalue weighted by molar-refractivity contribution is 0.277. The first kappa shape index (κ1) is 17.9. The van der Waals surface area contributed by atoms with Gasteiger partial charge in [0.2, 0.25) is 0 Å². The average Bonchev–Trinajstić information content (AvgIpc) is 3.11. The first-order chi connectivity index (χ1) is 13.3. The highest BCUT2D eigenvalue weighted by Crippen LogP contribution is 2.25. The van der Waals surface area contributed by atoms with Crippen LogP contribution in [-0.2, 0) is 6.42 Å². The summed E-state index contributed by atoms with van der Waals surface area (Å²) in [5, 5.41) is 11.1. The molecule has 1 aliphatic rings. The van der Waals surface area contributed by atoms with Crippen LogP contribution in [0.25, 0.3) is 10.9 Å². The summed E-state index contributed by atoms with van der Waals surface area (Å²) in [6.45, 7) is 3.23. The van der Waals surface area contributed by atoms with Crippen molar-refractivity contribution in [2.24, 2.45) is 0 Å². The molecule has 0 bridgehead atoms. The Bertz CT molecular complexity index is 911. The zero-order valence-electron chi connectivity index (χ0n) is 15.8. The van der Waals surface area contributed by atoms with Crippen LogP contribution >= 0.6 is 0 Å². The molecule has 1 unspecified atom stereocenters. The van der Waals surface area contributed by atoms with E-state index in [0.29, 0.717) is 11.7 Å². The molecule has 1 atom stereocenters. The number of aromatic hydroxyl groups is 1. The van der Waals surface area contributed by atoms with Crippen LogP contribution in [-0.4, -0.2) is 34.6 Å². The molecule has 0 saturated carbocycles. The Balaban J connectivity index is 1.22. The molecule has 0 amide bonds. The number of nitrogens with one attached hydrogen (secondary N) is 1. The van der Waals surface area contributed by atoms with Crippen LogP contribution in [0.15, 0.2) is 66.9 Å². The lowest BCUT2D eigenvalue weighted by Gasteiger charge is -2.29. The Hall–Kier alpha value is -2.52.